The number of carbonyl (C=O) groups is 2. The number of alkyl halides is 3. The van der Waals surface area contributed by atoms with E-state index in [2.05, 4.69) is 4.90 Å². The zero-order valence-corrected chi connectivity index (χ0v) is 14.0. The van der Waals surface area contributed by atoms with Crippen molar-refractivity contribution in [2.75, 3.05) is 44.2 Å². The summed E-state index contributed by atoms with van der Waals surface area (Å²) in [6.45, 7) is 0.901. The standard InChI is InChI=1S/C15H18ClF3N4O2/c16-11-3-1-2-4-12(11)23-7-5-22(6-8-23)9-13(24)21-14(25)20-10-15(17,18)19/h1-4H,5-10H2,(H2,20,21,24,25). The summed E-state index contributed by atoms with van der Waals surface area (Å²) in [5, 5.41) is 4.12. The van der Waals surface area contributed by atoms with Gasteiger partial charge in [0.2, 0.25) is 5.91 Å². The largest absolute Gasteiger partial charge is 0.405 e. The third kappa shape index (κ3) is 6.43. The Kier molecular flexibility index (Phi) is 6.49. The minimum absolute atomic E-state index is 0.0597. The normalized spacial score (nSPS) is 15.8. The number of imide groups is 1. The number of anilines is 1. The lowest BCUT2D eigenvalue weighted by molar-refractivity contribution is -0.125. The van der Waals surface area contributed by atoms with Crippen molar-refractivity contribution in [3.8, 4) is 0 Å². The molecule has 1 aromatic carbocycles. The number of nitrogens with one attached hydrogen (secondary N) is 2. The Balaban J connectivity index is 1.73. The molecule has 0 spiro atoms. The molecule has 0 aromatic heterocycles. The number of rotatable bonds is 4. The SMILES string of the molecule is O=C(CN1CCN(c2ccccc2Cl)CC1)NC(=O)NCC(F)(F)F. The fraction of sp³-hybridized carbons (Fsp3) is 0.467. The van der Waals surface area contributed by atoms with Crippen molar-refractivity contribution in [3.63, 3.8) is 0 Å². The Morgan fingerprint density at radius 3 is 2.36 bits per heavy atom. The lowest BCUT2D eigenvalue weighted by atomic mass is 10.2. The first-order chi connectivity index (χ1) is 11.7. The number of amides is 3. The zero-order chi connectivity index (χ0) is 18.4. The van der Waals surface area contributed by atoms with Gasteiger partial charge in [0.1, 0.15) is 6.54 Å². The van der Waals surface area contributed by atoms with Gasteiger partial charge in [-0.3, -0.25) is 15.0 Å². The molecule has 1 aliphatic heterocycles. The fourth-order valence-electron chi connectivity index (χ4n) is 2.45. The van der Waals surface area contributed by atoms with Gasteiger partial charge in [0, 0.05) is 26.2 Å². The smallest absolute Gasteiger partial charge is 0.368 e. The van der Waals surface area contributed by atoms with Crippen LogP contribution in [0.2, 0.25) is 5.02 Å². The summed E-state index contributed by atoms with van der Waals surface area (Å²) in [5.74, 6) is -0.647. The van der Waals surface area contributed by atoms with Gasteiger partial charge in [0.15, 0.2) is 0 Å². The molecule has 0 radical (unpaired) electrons. The molecule has 0 atom stereocenters. The summed E-state index contributed by atoms with van der Waals surface area (Å²) in [4.78, 5) is 26.9. The summed E-state index contributed by atoms with van der Waals surface area (Å²) in [7, 11) is 0. The second-order valence-corrected chi connectivity index (χ2v) is 5.97. The van der Waals surface area contributed by atoms with Crippen LogP contribution in [0.5, 0.6) is 0 Å². The van der Waals surface area contributed by atoms with Crippen LogP contribution in [-0.4, -0.2) is 62.3 Å². The van der Waals surface area contributed by atoms with Crippen LogP contribution >= 0.6 is 11.6 Å². The molecule has 1 aromatic rings. The van der Waals surface area contributed by atoms with Crippen LogP contribution in [0.4, 0.5) is 23.7 Å². The highest BCUT2D eigenvalue weighted by molar-refractivity contribution is 6.33. The first-order valence-electron chi connectivity index (χ1n) is 7.61. The molecule has 3 amide bonds. The molecule has 2 N–H and O–H groups in total. The van der Waals surface area contributed by atoms with Crippen LogP contribution in [0.3, 0.4) is 0 Å². The Hall–Kier alpha value is -2.00. The molecule has 0 aliphatic carbocycles. The Morgan fingerprint density at radius 2 is 1.76 bits per heavy atom. The average molecular weight is 379 g/mol. The molecule has 6 nitrogen and oxygen atoms in total. The van der Waals surface area contributed by atoms with Gasteiger partial charge >= 0.3 is 12.2 Å². The van der Waals surface area contributed by atoms with E-state index in [0.717, 1.165) is 5.69 Å². The molecule has 0 saturated carbocycles. The summed E-state index contributed by atoms with van der Waals surface area (Å²) < 4.78 is 35.9. The van der Waals surface area contributed by atoms with Crippen molar-refractivity contribution in [2.45, 2.75) is 6.18 Å². The zero-order valence-electron chi connectivity index (χ0n) is 13.3. The molecule has 1 heterocycles. The van der Waals surface area contributed by atoms with Crippen molar-refractivity contribution in [1.29, 1.82) is 0 Å². The van der Waals surface area contributed by atoms with Gasteiger partial charge in [0.05, 0.1) is 17.3 Å². The minimum atomic E-state index is -4.52. The average Bonchev–Trinajstić information content (AvgIpc) is 2.54. The third-order valence-corrected chi connectivity index (χ3v) is 3.95. The number of hydrogen-bond acceptors (Lipinski definition) is 4. The van der Waals surface area contributed by atoms with Gasteiger partial charge in [-0.15, -0.1) is 0 Å². The van der Waals surface area contributed by atoms with Gasteiger partial charge in [-0.05, 0) is 12.1 Å². The number of para-hydroxylation sites is 1. The van der Waals surface area contributed by atoms with E-state index in [4.69, 9.17) is 11.6 Å². The van der Waals surface area contributed by atoms with Gasteiger partial charge in [0.25, 0.3) is 0 Å². The van der Waals surface area contributed by atoms with Crippen molar-refractivity contribution in [3.05, 3.63) is 29.3 Å². The molecule has 138 valence electrons. The van der Waals surface area contributed by atoms with E-state index in [-0.39, 0.29) is 6.54 Å². The van der Waals surface area contributed by atoms with E-state index in [1.165, 1.54) is 0 Å². The summed E-state index contributed by atoms with van der Waals surface area (Å²) in [6.07, 6.45) is -4.52. The Bertz CT molecular complexity index is 619. The van der Waals surface area contributed by atoms with Gasteiger partial charge < -0.3 is 10.2 Å². The molecule has 10 heteroatoms. The van der Waals surface area contributed by atoms with Crippen molar-refractivity contribution in [1.82, 2.24) is 15.5 Å². The topological polar surface area (TPSA) is 64.7 Å². The number of halogens is 4. The first kappa shape index (κ1) is 19.3. The van der Waals surface area contributed by atoms with E-state index in [1.54, 1.807) is 11.4 Å². The highest BCUT2D eigenvalue weighted by atomic mass is 35.5. The van der Waals surface area contributed by atoms with Gasteiger partial charge in [-0.2, -0.15) is 13.2 Å². The maximum atomic E-state index is 12.0. The van der Waals surface area contributed by atoms with E-state index in [1.807, 2.05) is 28.4 Å². The molecule has 0 bridgehead atoms. The molecule has 1 aliphatic rings. The van der Waals surface area contributed by atoms with Gasteiger partial charge in [-0.25, -0.2) is 4.79 Å². The van der Waals surface area contributed by atoms with Crippen LogP contribution in [-0.2, 0) is 4.79 Å². The quantitative estimate of drug-likeness (QED) is 0.839. The van der Waals surface area contributed by atoms with Crippen molar-refractivity contribution >= 4 is 29.2 Å². The lowest BCUT2D eigenvalue weighted by Crippen LogP contribution is -2.51. The van der Waals surface area contributed by atoms with Crippen LogP contribution in [0.15, 0.2) is 24.3 Å². The maximum Gasteiger partial charge on any atom is 0.405 e. The van der Waals surface area contributed by atoms with E-state index >= 15 is 0 Å². The highest BCUT2D eigenvalue weighted by Crippen LogP contribution is 2.25. The highest BCUT2D eigenvalue weighted by Gasteiger charge is 2.28. The van der Waals surface area contributed by atoms with Crippen LogP contribution < -0.4 is 15.5 Å². The molecule has 2 rings (SSSR count). The molecule has 1 saturated heterocycles. The number of hydrogen-bond donors (Lipinski definition) is 2. The summed E-state index contributed by atoms with van der Waals surface area (Å²) in [5.41, 5.74) is 0.916. The second-order valence-electron chi connectivity index (χ2n) is 5.56. The van der Waals surface area contributed by atoms with E-state index in [0.29, 0.717) is 31.2 Å². The van der Waals surface area contributed by atoms with Crippen LogP contribution in [0.25, 0.3) is 0 Å². The fourth-order valence-corrected chi connectivity index (χ4v) is 2.70. The van der Waals surface area contributed by atoms with E-state index in [9.17, 15) is 22.8 Å². The minimum Gasteiger partial charge on any atom is -0.368 e. The first-order valence-corrected chi connectivity index (χ1v) is 7.98. The van der Waals surface area contributed by atoms with E-state index < -0.39 is 24.7 Å². The molecular weight excluding hydrogens is 361 g/mol. The predicted molar refractivity (Wildman–Crippen MR) is 87.7 cm³/mol. The third-order valence-electron chi connectivity index (χ3n) is 3.63. The summed E-state index contributed by atoms with van der Waals surface area (Å²) in [6, 6.07) is 6.29. The van der Waals surface area contributed by atoms with Crippen molar-refractivity contribution < 1.29 is 22.8 Å². The lowest BCUT2D eigenvalue weighted by Gasteiger charge is -2.36. The maximum absolute atomic E-state index is 12.0. The summed E-state index contributed by atoms with van der Waals surface area (Å²) >= 11 is 6.15. The van der Waals surface area contributed by atoms with Crippen molar-refractivity contribution in [2.24, 2.45) is 0 Å². The molecule has 0 unspecified atom stereocenters. The number of benzene rings is 1. The number of carbonyl (C=O) groups excluding carboxylic acids is 2. The van der Waals surface area contributed by atoms with Crippen LogP contribution in [0.1, 0.15) is 0 Å². The number of nitrogens with zero attached hydrogens (tertiary/aromatic N) is 2. The molecular formula is C15H18ClF3N4O2. The second kappa shape index (κ2) is 8.39. The number of piperazine rings is 1. The monoisotopic (exact) mass is 378 g/mol. The molecule has 25 heavy (non-hydrogen) atoms. The number of urea groups is 1. The predicted octanol–water partition coefficient (Wildman–Crippen LogP) is 1.85. The van der Waals surface area contributed by atoms with Crippen LogP contribution in [0, 0.1) is 0 Å². The Morgan fingerprint density at radius 1 is 1.12 bits per heavy atom. The Labute approximate surface area is 147 Å². The van der Waals surface area contributed by atoms with Gasteiger partial charge in [-0.1, -0.05) is 23.7 Å². The molecule has 1 fully saturated rings.